The second kappa shape index (κ2) is 23.1. The van der Waals surface area contributed by atoms with Crippen molar-refractivity contribution < 1.29 is 0 Å². The van der Waals surface area contributed by atoms with E-state index in [0.717, 1.165) is 31.6 Å². The maximum atomic E-state index is 2.35. The van der Waals surface area contributed by atoms with Crippen molar-refractivity contribution in [3.05, 3.63) is 199 Å². The van der Waals surface area contributed by atoms with E-state index in [-0.39, 0.29) is 33.1 Å². The van der Waals surface area contributed by atoms with Crippen LogP contribution in [-0.2, 0) is 49.4 Å². The molecule has 0 saturated carbocycles. The van der Waals surface area contributed by atoms with Gasteiger partial charge in [-0.1, -0.05) is 283 Å². The van der Waals surface area contributed by atoms with Gasteiger partial charge in [-0.05, 0) is 138 Å². The molecule has 0 aromatic heterocycles. The first kappa shape index (κ1) is 57.4. The largest absolute Gasteiger partial charge is 0.0795 e. The highest BCUT2D eigenvalue weighted by Gasteiger charge is 2.30. The van der Waals surface area contributed by atoms with Crippen LogP contribution in [0.25, 0.3) is 24.3 Å². The summed E-state index contributed by atoms with van der Waals surface area (Å²) in [6, 6.07) is 39.8. The average Bonchev–Trinajstić information content (AvgIpc) is 4.08. The Hall–Kier alpha value is -4.94. The van der Waals surface area contributed by atoms with Crippen LogP contribution >= 0.6 is 0 Å². The third kappa shape index (κ3) is 15.3. The highest BCUT2D eigenvalue weighted by molar-refractivity contribution is 5.66. The topological polar surface area (TPSA) is 0 Å². The monoisotopic (exact) mass is 911 g/mol. The summed E-state index contributed by atoms with van der Waals surface area (Å²) in [6.45, 7) is 34.3. The van der Waals surface area contributed by atoms with Gasteiger partial charge in [-0.3, -0.25) is 0 Å². The summed E-state index contributed by atoms with van der Waals surface area (Å²) in [5.74, 6) is 0.838. The first-order valence-electron chi connectivity index (χ1n) is 24.6. The molecule has 0 fully saturated rings. The molecule has 5 aliphatic carbocycles. The fraction of sp³-hybridized carbons (Fsp3) is 0.441. The van der Waals surface area contributed by atoms with E-state index < -0.39 is 0 Å². The summed E-state index contributed by atoms with van der Waals surface area (Å²) in [7, 11) is 0. The lowest BCUT2D eigenvalue weighted by Gasteiger charge is -2.26. The van der Waals surface area contributed by atoms with Crippen molar-refractivity contribution in [1.82, 2.24) is 0 Å². The van der Waals surface area contributed by atoms with Crippen molar-refractivity contribution in [2.24, 2.45) is 22.2 Å². The van der Waals surface area contributed by atoms with Crippen molar-refractivity contribution in [1.29, 1.82) is 0 Å². The van der Waals surface area contributed by atoms with Gasteiger partial charge in [-0.25, -0.2) is 0 Å². The van der Waals surface area contributed by atoms with Gasteiger partial charge in [0.15, 0.2) is 0 Å². The Morgan fingerprint density at radius 3 is 1.00 bits per heavy atom. The molecule has 0 spiro atoms. The van der Waals surface area contributed by atoms with Gasteiger partial charge in [0.25, 0.3) is 0 Å². The van der Waals surface area contributed by atoms with E-state index in [1.54, 1.807) is 22.3 Å². The molecule has 0 nitrogen and oxygen atoms in total. The zero-order valence-corrected chi connectivity index (χ0v) is 43.2. The molecule has 0 unspecified atom stereocenters. The molecule has 5 aromatic rings. The fourth-order valence-corrected chi connectivity index (χ4v) is 9.14. The second-order valence-corrected chi connectivity index (χ2v) is 24.4. The third-order valence-electron chi connectivity index (χ3n) is 14.0. The van der Waals surface area contributed by atoms with Crippen LogP contribution in [0.1, 0.15) is 193 Å². The zero-order chi connectivity index (χ0) is 47.4. The van der Waals surface area contributed by atoms with Gasteiger partial charge in [0.2, 0.25) is 0 Å². The fourth-order valence-electron chi connectivity index (χ4n) is 9.14. The van der Waals surface area contributed by atoms with Gasteiger partial charge in [-0.15, -0.1) is 0 Å². The van der Waals surface area contributed by atoms with E-state index in [0.29, 0.717) is 16.2 Å². The molecule has 0 N–H and O–H groups in total. The molecule has 0 amide bonds. The van der Waals surface area contributed by atoms with Gasteiger partial charge in [0.05, 0.1) is 0 Å². The van der Waals surface area contributed by atoms with Crippen LogP contribution in [-0.4, -0.2) is 0 Å². The second-order valence-electron chi connectivity index (χ2n) is 24.4. The Bertz CT molecular complexity index is 2360. The summed E-state index contributed by atoms with van der Waals surface area (Å²) in [5, 5.41) is 0. The molecule has 0 atom stereocenters. The summed E-state index contributed by atoms with van der Waals surface area (Å²) in [4.78, 5) is 0. The van der Waals surface area contributed by atoms with E-state index in [9.17, 15) is 0 Å². The van der Waals surface area contributed by atoms with Gasteiger partial charge < -0.3 is 0 Å². The first-order valence-corrected chi connectivity index (χ1v) is 24.6. The zero-order valence-electron chi connectivity index (χ0n) is 43.2. The molecule has 0 saturated heterocycles. The maximum absolute atomic E-state index is 2.35. The van der Waals surface area contributed by atoms with Crippen molar-refractivity contribution in [2.45, 2.75) is 175 Å². The molecule has 0 heterocycles. The molecule has 68 heavy (non-hydrogen) atoms. The van der Waals surface area contributed by atoms with Crippen molar-refractivity contribution in [3.63, 3.8) is 0 Å². The van der Waals surface area contributed by atoms with E-state index in [2.05, 4.69) is 250 Å². The van der Waals surface area contributed by atoms with Crippen molar-refractivity contribution in [3.8, 4) is 0 Å². The molecular formula is C68H94. The van der Waals surface area contributed by atoms with Gasteiger partial charge in [-0.2, -0.15) is 0 Å². The average molecular weight is 911 g/mol. The summed E-state index contributed by atoms with van der Waals surface area (Å²) in [6.07, 6.45) is 20.6. The molecule has 5 aliphatic rings. The Morgan fingerprint density at radius 2 is 0.691 bits per heavy atom. The Kier molecular flexibility index (Phi) is 19.5. The summed E-state index contributed by atoms with van der Waals surface area (Å²) < 4.78 is 0. The standard InChI is InChI=1S/2C13H16.C13H18.2C13H16.3CH4/c2*1-13(2,3)12-8-7-10-5-4-6-11(10)9-12;3*1-13(2,3)12-8-10-6-4-5-7-11(10)9-12;;;/h2*4-5,7-9H,6H2,1-3H3;4-7,12H,8-9H2,1-3H3;2*4-8H,9H2,1-3H3;3*1H4. The number of hydrogen-bond donors (Lipinski definition) is 0. The minimum absolute atomic E-state index is 0. The quantitative estimate of drug-likeness (QED) is 0.145. The Balaban J connectivity index is 0.000000223. The molecule has 10 rings (SSSR count). The molecule has 0 bridgehead atoms. The highest BCUT2D eigenvalue weighted by atomic mass is 14.4. The van der Waals surface area contributed by atoms with Crippen LogP contribution in [0.4, 0.5) is 0 Å². The summed E-state index contributed by atoms with van der Waals surface area (Å²) in [5.41, 5.74) is 22.3. The molecule has 0 heteroatoms. The van der Waals surface area contributed by atoms with E-state index in [4.69, 9.17) is 0 Å². The molecule has 0 aliphatic heterocycles. The van der Waals surface area contributed by atoms with E-state index in [1.165, 1.54) is 68.5 Å². The number of rotatable bonds is 0. The van der Waals surface area contributed by atoms with Gasteiger partial charge in [0, 0.05) is 0 Å². The molecule has 0 radical (unpaired) electrons. The van der Waals surface area contributed by atoms with Crippen molar-refractivity contribution in [2.75, 3.05) is 0 Å². The minimum atomic E-state index is 0. The predicted molar refractivity (Wildman–Crippen MR) is 308 cm³/mol. The minimum Gasteiger partial charge on any atom is -0.0795 e. The lowest BCUT2D eigenvalue weighted by molar-refractivity contribution is 0.251. The van der Waals surface area contributed by atoms with Crippen molar-refractivity contribution >= 4 is 24.3 Å². The highest BCUT2D eigenvalue weighted by Crippen LogP contribution is 2.39. The number of fused-ring (bicyclic) bond motifs is 5. The van der Waals surface area contributed by atoms with Crippen LogP contribution in [0.15, 0.2) is 132 Å². The smallest absolute Gasteiger partial charge is 0.00526 e. The Morgan fingerprint density at radius 1 is 0.353 bits per heavy atom. The normalized spacial score (nSPS) is 14.9. The Labute approximate surface area is 419 Å². The molecule has 5 aromatic carbocycles. The van der Waals surface area contributed by atoms with Crippen LogP contribution in [0.5, 0.6) is 0 Å². The van der Waals surface area contributed by atoms with Crippen LogP contribution in [0.2, 0.25) is 0 Å². The molecule has 366 valence electrons. The lowest BCUT2D eigenvalue weighted by Crippen LogP contribution is -2.20. The van der Waals surface area contributed by atoms with Crippen LogP contribution in [0, 0.1) is 22.2 Å². The third-order valence-corrected chi connectivity index (χ3v) is 14.0. The first-order chi connectivity index (χ1) is 30.4. The molecular weight excluding hydrogens is 817 g/mol. The SMILES string of the molecule is C.C.C.CC(C)(C)C1=Cc2ccccc2C1.CC(C)(C)C1=Cc2ccccc2C1.CC(C)(C)C1Cc2ccccc2C1.CC(C)(C)c1ccc2c(c1)CC=C2.CC(C)(C)c1ccc2c(c1)CC=C2. The number of allylic oxidation sites excluding steroid dienone is 4. The van der Waals surface area contributed by atoms with Gasteiger partial charge >= 0.3 is 0 Å². The summed E-state index contributed by atoms with van der Waals surface area (Å²) >= 11 is 0. The maximum Gasteiger partial charge on any atom is -0.00526 e. The van der Waals surface area contributed by atoms with E-state index in [1.807, 2.05) is 0 Å². The lowest BCUT2D eigenvalue weighted by atomic mass is 9.79. The van der Waals surface area contributed by atoms with Crippen LogP contribution < -0.4 is 0 Å². The van der Waals surface area contributed by atoms with Crippen LogP contribution in [0.3, 0.4) is 0 Å². The number of benzene rings is 5. The number of hydrogen-bond acceptors (Lipinski definition) is 0. The van der Waals surface area contributed by atoms with Gasteiger partial charge in [0.1, 0.15) is 0 Å². The van der Waals surface area contributed by atoms with E-state index >= 15 is 0 Å². The predicted octanol–water partition coefficient (Wildman–Crippen LogP) is 19.8.